The van der Waals surface area contributed by atoms with Crippen LogP contribution in [0.3, 0.4) is 0 Å². The molecule has 1 aliphatic carbocycles. The van der Waals surface area contributed by atoms with Crippen molar-refractivity contribution in [2.24, 2.45) is 0 Å². The van der Waals surface area contributed by atoms with Gasteiger partial charge in [0.1, 0.15) is 11.4 Å². The number of nitrogens with one attached hydrogen (secondary N) is 2. The molecule has 1 aliphatic rings. The average Bonchev–Trinajstić information content (AvgIpc) is 3.93. The van der Waals surface area contributed by atoms with E-state index < -0.39 is 5.54 Å². The molecule has 9 rings (SSSR count). The molecule has 2 amide bonds. The molecular formula is C51H50N8O. The number of anilines is 1. The molecule has 0 aliphatic heterocycles. The number of imidazole rings is 1. The van der Waals surface area contributed by atoms with Gasteiger partial charge >= 0.3 is 6.03 Å². The quantitative estimate of drug-likeness (QED) is 0.113. The average molecular weight is 791 g/mol. The Labute approximate surface area is 351 Å². The van der Waals surface area contributed by atoms with E-state index in [2.05, 4.69) is 149 Å². The van der Waals surface area contributed by atoms with Crippen molar-refractivity contribution in [2.45, 2.75) is 76.4 Å². The molecule has 1 fully saturated rings. The number of urea groups is 1. The Morgan fingerprint density at radius 1 is 0.717 bits per heavy atom. The van der Waals surface area contributed by atoms with Crippen LogP contribution in [0.2, 0.25) is 0 Å². The zero-order valence-corrected chi connectivity index (χ0v) is 34.0. The molecule has 300 valence electrons. The minimum absolute atomic E-state index is 0.144. The summed E-state index contributed by atoms with van der Waals surface area (Å²) >= 11 is 0. The van der Waals surface area contributed by atoms with Gasteiger partial charge in [0.15, 0.2) is 5.82 Å². The molecule has 0 atom stereocenters. The number of carbonyl (C=O) groups is 1. The van der Waals surface area contributed by atoms with E-state index in [4.69, 9.17) is 15.3 Å². The van der Waals surface area contributed by atoms with Crippen LogP contribution in [-0.2, 0) is 18.5 Å². The Hall–Kier alpha value is -6.87. The van der Waals surface area contributed by atoms with Crippen LogP contribution in [0.15, 0.2) is 158 Å². The lowest BCUT2D eigenvalue weighted by Gasteiger charge is -2.36. The lowest BCUT2D eigenvalue weighted by atomic mass is 9.77. The highest BCUT2D eigenvalue weighted by Crippen LogP contribution is 2.43. The first-order chi connectivity index (χ1) is 29.6. The van der Waals surface area contributed by atoms with Crippen LogP contribution in [0.1, 0.15) is 79.9 Å². The molecule has 2 N–H and O–H groups in total. The van der Waals surface area contributed by atoms with Crippen molar-refractivity contribution in [3.8, 4) is 22.5 Å². The van der Waals surface area contributed by atoms with Crippen LogP contribution in [0.4, 0.5) is 10.5 Å². The van der Waals surface area contributed by atoms with Crippen LogP contribution in [0.25, 0.3) is 33.5 Å². The molecule has 0 saturated heterocycles. The summed E-state index contributed by atoms with van der Waals surface area (Å²) in [4.78, 5) is 18.1. The summed E-state index contributed by atoms with van der Waals surface area (Å²) in [5, 5.41) is 20.2. The van der Waals surface area contributed by atoms with Crippen LogP contribution >= 0.6 is 0 Å². The van der Waals surface area contributed by atoms with Crippen LogP contribution in [0, 0.1) is 0 Å². The molecule has 1 saturated carbocycles. The summed E-state index contributed by atoms with van der Waals surface area (Å²) in [5.74, 6) is 1.71. The molecule has 9 heteroatoms. The van der Waals surface area contributed by atoms with Gasteiger partial charge in [-0.25, -0.2) is 14.5 Å². The van der Waals surface area contributed by atoms with Gasteiger partial charge in [0.25, 0.3) is 0 Å². The second kappa shape index (κ2) is 17.5. The SMILES string of the molecule is CCCCc1nc2ccc(NC(=O)NC3CCCCC3)cc2n1Cc1ccc(-c2ccccc2-c2nnnn2C(c2ccccc2)(c2ccccc2)c2ccccc2)cc1. The van der Waals surface area contributed by atoms with Gasteiger partial charge < -0.3 is 15.2 Å². The largest absolute Gasteiger partial charge is 0.335 e. The lowest BCUT2D eigenvalue weighted by molar-refractivity contribution is 0.244. The monoisotopic (exact) mass is 790 g/mol. The molecule has 0 unspecified atom stereocenters. The van der Waals surface area contributed by atoms with E-state index in [1.54, 1.807) is 0 Å². The number of aryl methyl sites for hydroxylation is 1. The molecule has 0 radical (unpaired) electrons. The maximum Gasteiger partial charge on any atom is 0.319 e. The Morgan fingerprint density at radius 2 is 1.33 bits per heavy atom. The topological polar surface area (TPSA) is 103 Å². The van der Waals surface area contributed by atoms with Gasteiger partial charge in [0, 0.05) is 30.3 Å². The zero-order valence-electron chi connectivity index (χ0n) is 34.0. The number of tetrazole rings is 1. The van der Waals surface area contributed by atoms with Crippen molar-refractivity contribution in [1.82, 2.24) is 35.1 Å². The summed E-state index contributed by atoms with van der Waals surface area (Å²) in [6, 6.07) is 54.7. The highest BCUT2D eigenvalue weighted by Gasteiger charge is 2.42. The minimum atomic E-state index is -0.864. The maximum absolute atomic E-state index is 13.0. The number of nitrogens with zero attached hydrogens (tertiary/aromatic N) is 6. The molecule has 60 heavy (non-hydrogen) atoms. The summed E-state index contributed by atoms with van der Waals surface area (Å²) < 4.78 is 4.30. The molecular weight excluding hydrogens is 741 g/mol. The molecule has 8 aromatic rings. The van der Waals surface area contributed by atoms with Crippen LogP contribution < -0.4 is 10.6 Å². The van der Waals surface area contributed by atoms with E-state index in [-0.39, 0.29) is 12.1 Å². The standard InChI is InChI=1S/C51H50N8O/c1-2-3-28-48-54-46-34-33-43(53-50(60)52-42-24-14-7-15-25-42)35-47(46)58(48)36-37-29-31-38(32-30-37)44-26-16-17-27-45(44)49-55-56-57-59(49)51(39-18-8-4-9-19-39,40-20-10-5-11-21-40)41-22-12-6-13-23-41/h4-6,8-13,16-23,26-27,29-35,42H,2-3,7,14-15,24-25,28,36H2,1H3,(H2,52,53,60). The highest BCUT2D eigenvalue weighted by atomic mass is 16.2. The van der Waals surface area contributed by atoms with Gasteiger partial charge in [-0.2, -0.15) is 0 Å². The van der Waals surface area contributed by atoms with Crippen LogP contribution in [-0.4, -0.2) is 41.8 Å². The Balaban J connectivity index is 1.06. The number of aromatic nitrogens is 6. The first kappa shape index (κ1) is 38.6. The molecule has 2 aromatic heterocycles. The first-order valence-corrected chi connectivity index (χ1v) is 21.3. The normalized spacial score (nSPS) is 13.3. The van der Waals surface area contributed by atoms with Gasteiger partial charge in [0.2, 0.25) is 0 Å². The summed E-state index contributed by atoms with van der Waals surface area (Å²) in [7, 11) is 0. The van der Waals surface area contributed by atoms with Crippen molar-refractivity contribution in [3.05, 3.63) is 186 Å². The lowest BCUT2D eigenvalue weighted by Crippen LogP contribution is -2.39. The predicted octanol–water partition coefficient (Wildman–Crippen LogP) is 11.0. The van der Waals surface area contributed by atoms with E-state index in [0.717, 1.165) is 93.6 Å². The third-order valence-corrected chi connectivity index (χ3v) is 11.9. The number of unbranched alkanes of at least 4 members (excludes halogenated alkanes) is 1. The van der Waals surface area contributed by atoms with E-state index in [1.165, 1.54) is 19.3 Å². The number of carbonyl (C=O) groups excluding carboxylic acids is 1. The van der Waals surface area contributed by atoms with Gasteiger partial charge in [0.05, 0.1) is 11.0 Å². The fraction of sp³-hybridized carbons (Fsp3) is 0.235. The summed E-state index contributed by atoms with van der Waals surface area (Å²) in [5.41, 5.74) is 9.17. The van der Waals surface area contributed by atoms with Gasteiger partial charge in [-0.05, 0) is 81.3 Å². The van der Waals surface area contributed by atoms with Crippen LogP contribution in [0.5, 0.6) is 0 Å². The zero-order chi connectivity index (χ0) is 40.7. The van der Waals surface area contributed by atoms with Gasteiger partial charge in [-0.3, -0.25) is 0 Å². The number of benzene rings is 6. The number of fused-ring (bicyclic) bond motifs is 1. The molecule has 0 bridgehead atoms. The Bertz CT molecular complexity index is 2570. The number of hydrogen-bond acceptors (Lipinski definition) is 5. The van der Waals surface area contributed by atoms with Gasteiger partial charge in [-0.15, -0.1) is 5.10 Å². The van der Waals surface area contributed by atoms with Crippen molar-refractivity contribution in [3.63, 3.8) is 0 Å². The Morgan fingerprint density at radius 3 is 1.97 bits per heavy atom. The second-order valence-corrected chi connectivity index (χ2v) is 15.8. The minimum Gasteiger partial charge on any atom is -0.335 e. The smallest absolute Gasteiger partial charge is 0.319 e. The molecule has 0 spiro atoms. The number of rotatable bonds is 13. The van der Waals surface area contributed by atoms with Gasteiger partial charge in [-0.1, -0.05) is 172 Å². The summed E-state index contributed by atoms with van der Waals surface area (Å²) in [6.07, 6.45) is 8.69. The molecule has 9 nitrogen and oxygen atoms in total. The van der Waals surface area contributed by atoms with Crippen molar-refractivity contribution < 1.29 is 4.79 Å². The third-order valence-electron chi connectivity index (χ3n) is 11.9. The maximum atomic E-state index is 13.0. The van der Waals surface area contributed by atoms with Crippen molar-refractivity contribution in [2.75, 3.05) is 5.32 Å². The molecule has 2 heterocycles. The Kier molecular flexibility index (Phi) is 11.3. The fourth-order valence-corrected chi connectivity index (χ4v) is 8.94. The highest BCUT2D eigenvalue weighted by molar-refractivity contribution is 5.92. The van der Waals surface area contributed by atoms with E-state index in [0.29, 0.717) is 12.4 Å². The summed E-state index contributed by atoms with van der Waals surface area (Å²) in [6.45, 7) is 2.86. The van der Waals surface area contributed by atoms with E-state index >= 15 is 0 Å². The first-order valence-electron chi connectivity index (χ1n) is 21.3. The van der Waals surface area contributed by atoms with Crippen molar-refractivity contribution in [1.29, 1.82) is 0 Å². The number of amides is 2. The third kappa shape index (κ3) is 7.71. The van der Waals surface area contributed by atoms with Crippen molar-refractivity contribution >= 4 is 22.8 Å². The number of hydrogen-bond donors (Lipinski definition) is 2. The fourth-order valence-electron chi connectivity index (χ4n) is 8.94. The second-order valence-electron chi connectivity index (χ2n) is 15.8. The van der Waals surface area contributed by atoms with E-state index in [1.807, 2.05) is 41.1 Å². The van der Waals surface area contributed by atoms with E-state index in [9.17, 15) is 4.79 Å². The predicted molar refractivity (Wildman–Crippen MR) is 240 cm³/mol. The molecule has 6 aromatic carbocycles.